The summed E-state index contributed by atoms with van der Waals surface area (Å²) < 4.78 is 26.8. The van der Waals surface area contributed by atoms with Gasteiger partial charge in [0, 0.05) is 37.1 Å². The van der Waals surface area contributed by atoms with Crippen LogP contribution in [-0.4, -0.2) is 49.6 Å². The highest BCUT2D eigenvalue weighted by atomic mass is 32.2. The molecule has 1 aliphatic heterocycles. The molecule has 3 rings (SSSR count). The lowest BCUT2D eigenvalue weighted by atomic mass is 10.2. The average molecular weight is 365 g/mol. The number of thiophene rings is 1. The molecule has 6 heteroatoms. The van der Waals surface area contributed by atoms with Crippen molar-refractivity contribution < 1.29 is 8.42 Å². The molecule has 1 fully saturated rings. The van der Waals surface area contributed by atoms with Gasteiger partial charge in [0.1, 0.15) is 0 Å². The smallest absolute Gasteiger partial charge is 0.214 e. The zero-order valence-electron chi connectivity index (χ0n) is 14.0. The van der Waals surface area contributed by atoms with Gasteiger partial charge < -0.3 is 0 Å². The van der Waals surface area contributed by atoms with Gasteiger partial charge in [-0.1, -0.05) is 36.4 Å². The molecule has 4 nitrogen and oxygen atoms in total. The molecule has 0 amide bonds. The van der Waals surface area contributed by atoms with Crippen LogP contribution in [0.4, 0.5) is 0 Å². The number of piperazine rings is 1. The lowest BCUT2D eigenvalue weighted by molar-refractivity contribution is 0.147. The van der Waals surface area contributed by atoms with Crippen LogP contribution in [0.1, 0.15) is 23.4 Å². The summed E-state index contributed by atoms with van der Waals surface area (Å²) in [5, 5.41) is 2.09. The largest absolute Gasteiger partial charge is 0.293 e. The standard InChI is InChI=1S/C18H24N2O2S2/c1-16(18-8-5-14-23-18)19-10-12-20(13-11-19)24(21,22)15-9-17-6-3-2-4-7-17/h2-8,14,16H,9-13,15H2,1H3. The van der Waals surface area contributed by atoms with Gasteiger partial charge in [-0.3, -0.25) is 4.90 Å². The van der Waals surface area contributed by atoms with Crippen molar-refractivity contribution in [3.8, 4) is 0 Å². The summed E-state index contributed by atoms with van der Waals surface area (Å²) in [6, 6.07) is 14.4. The Kier molecular flexibility index (Phi) is 5.71. The van der Waals surface area contributed by atoms with E-state index in [0.717, 1.165) is 18.7 Å². The van der Waals surface area contributed by atoms with E-state index in [-0.39, 0.29) is 5.75 Å². The second-order valence-corrected chi connectivity index (χ2v) is 9.25. The second kappa shape index (κ2) is 7.78. The highest BCUT2D eigenvalue weighted by molar-refractivity contribution is 7.89. The summed E-state index contributed by atoms with van der Waals surface area (Å²) >= 11 is 1.76. The SMILES string of the molecule is CC(c1cccs1)N1CCN(S(=O)(=O)CCc2ccccc2)CC1. The van der Waals surface area contributed by atoms with Gasteiger partial charge in [-0.15, -0.1) is 11.3 Å². The third-order valence-corrected chi connectivity index (χ3v) is 7.58. The Morgan fingerprint density at radius 1 is 1.04 bits per heavy atom. The number of sulfonamides is 1. The minimum absolute atomic E-state index is 0.192. The van der Waals surface area contributed by atoms with Gasteiger partial charge in [-0.05, 0) is 30.4 Å². The van der Waals surface area contributed by atoms with Crippen molar-refractivity contribution in [1.29, 1.82) is 0 Å². The Balaban J connectivity index is 1.53. The zero-order chi connectivity index (χ0) is 17.0. The van der Waals surface area contributed by atoms with Crippen molar-refractivity contribution in [1.82, 2.24) is 9.21 Å². The fourth-order valence-electron chi connectivity index (χ4n) is 3.10. The first kappa shape index (κ1) is 17.6. The summed E-state index contributed by atoms with van der Waals surface area (Å²) in [6.07, 6.45) is 0.578. The molecule has 1 aromatic heterocycles. The molecule has 0 saturated carbocycles. The first-order valence-corrected chi connectivity index (χ1v) is 10.8. The lowest BCUT2D eigenvalue weighted by Gasteiger charge is -2.37. The maximum atomic E-state index is 12.6. The predicted molar refractivity (Wildman–Crippen MR) is 99.8 cm³/mol. The van der Waals surface area contributed by atoms with Crippen LogP contribution in [-0.2, 0) is 16.4 Å². The summed E-state index contributed by atoms with van der Waals surface area (Å²) in [7, 11) is -3.18. The molecule has 130 valence electrons. The number of nitrogens with zero attached hydrogens (tertiary/aromatic N) is 2. The third kappa shape index (κ3) is 4.25. The number of hydrogen-bond donors (Lipinski definition) is 0. The third-order valence-electron chi connectivity index (χ3n) is 4.66. The molecule has 1 atom stereocenters. The van der Waals surface area contributed by atoms with E-state index in [4.69, 9.17) is 0 Å². The Morgan fingerprint density at radius 3 is 2.38 bits per heavy atom. The molecule has 0 bridgehead atoms. The molecule has 0 aliphatic carbocycles. The van der Waals surface area contributed by atoms with E-state index in [2.05, 4.69) is 29.3 Å². The monoisotopic (exact) mass is 364 g/mol. The van der Waals surface area contributed by atoms with Crippen molar-refractivity contribution in [3.05, 3.63) is 58.3 Å². The van der Waals surface area contributed by atoms with Crippen LogP contribution in [0, 0.1) is 0 Å². The summed E-state index contributed by atoms with van der Waals surface area (Å²) in [4.78, 5) is 3.71. The molecular weight excluding hydrogens is 340 g/mol. The van der Waals surface area contributed by atoms with Crippen LogP contribution in [0.25, 0.3) is 0 Å². The van der Waals surface area contributed by atoms with Crippen LogP contribution in [0.3, 0.4) is 0 Å². The van der Waals surface area contributed by atoms with E-state index < -0.39 is 10.0 Å². The summed E-state index contributed by atoms with van der Waals surface area (Å²) in [5.41, 5.74) is 1.08. The summed E-state index contributed by atoms with van der Waals surface area (Å²) in [6.45, 7) is 4.97. The van der Waals surface area contributed by atoms with Gasteiger partial charge in [0.2, 0.25) is 10.0 Å². The molecule has 1 saturated heterocycles. The molecular formula is C18H24N2O2S2. The van der Waals surface area contributed by atoms with Crippen LogP contribution in [0.15, 0.2) is 47.8 Å². The highest BCUT2D eigenvalue weighted by Crippen LogP contribution is 2.26. The average Bonchev–Trinajstić information content (AvgIpc) is 3.15. The topological polar surface area (TPSA) is 40.6 Å². The van der Waals surface area contributed by atoms with Gasteiger partial charge in [0.25, 0.3) is 0 Å². The van der Waals surface area contributed by atoms with E-state index in [1.54, 1.807) is 15.6 Å². The lowest BCUT2D eigenvalue weighted by Crippen LogP contribution is -2.49. The van der Waals surface area contributed by atoms with Crippen molar-refractivity contribution in [2.24, 2.45) is 0 Å². The van der Waals surface area contributed by atoms with Gasteiger partial charge >= 0.3 is 0 Å². The van der Waals surface area contributed by atoms with Gasteiger partial charge in [0.05, 0.1) is 5.75 Å². The number of rotatable bonds is 6. The van der Waals surface area contributed by atoms with Gasteiger partial charge in [0.15, 0.2) is 0 Å². The van der Waals surface area contributed by atoms with Gasteiger partial charge in [-0.2, -0.15) is 4.31 Å². The van der Waals surface area contributed by atoms with Crippen molar-refractivity contribution in [2.75, 3.05) is 31.9 Å². The predicted octanol–water partition coefficient (Wildman–Crippen LogP) is 3.00. The van der Waals surface area contributed by atoms with E-state index in [9.17, 15) is 8.42 Å². The van der Waals surface area contributed by atoms with Crippen LogP contribution >= 0.6 is 11.3 Å². The van der Waals surface area contributed by atoms with Gasteiger partial charge in [-0.25, -0.2) is 8.42 Å². The summed E-state index contributed by atoms with van der Waals surface area (Å²) in [5.74, 6) is 0.192. The van der Waals surface area contributed by atoms with Crippen molar-refractivity contribution >= 4 is 21.4 Å². The first-order valence-electron chi connectivity index (χ1n) is 8.35. The molecule has 24 heavy (non-hydrogen) atoms. The number of hydrogen-bond acceptors (Lipinski definition) is 4. The Hall–Kier alpha value is -1.21. The first-order chi connectivity index (χ1) is 11.6. The number of benzene rings is 1. The quantitative estimate of drug-likeness (QED) is 0.791. The number of aryl methyl sites for hydroxylation is 1. The minimum atomic E-state index is -3.18. The zero-order valence-corrected chi connectivity index (χ0v) is 15.6. The van der Waals surface area contributed by atoms with E-state index in [1.807, 2.05) is 30.3 Å². The fraction of sp³-hybridized carbons (Fsp3) is 0.444. The molecule has 1 unspecified atom stereocenters. The van der Waals surface area contributed by atoms with E-state index >= 15 is 0 Å². The van der Waals surface area contributed by atoms with E-state index in [0.29, 0.717) is 25.6 Å². The molecule has 1 aromatic carbocycles. The fourth-order valence-corrected chi connectivity index (χ4v) is 5.39. The van der Waals surface area contributed by atoms with Crippen LogP contribution in [0.5, 0.6) is 0 Å². The maximum absolute atomic E-state index is 12.6. The molecule has 2 heterocycles. The highest BCUT2D eigenvalue weighted by Gasteiger charge is 2.29. The second-order valence-electron chi connectivity index (χ2n) is 6.18. The Morgan fingerprint density at radius 2 is 1.75 bits per heavy atom. The Bertz CT molecular complexity index is 722. The van der Waals surface area contributed by atoms with Crippen LogP contribution < -0.4 is 0 Å². The van der Waals surface area contributed by atoms with Crippen molar-refractivity contribution in [3.63, 3.8) is 0 Å². The van der Waals surface area contributed by atoms with E-state index in [1.165, 1.54) is 4.88 Å². The minimum Gasteiger partial charge on any atom is -0.293 e. The molecule has 0 N–H and O–H groups in total. The molecule has 2 aromatic rings. The molecule has 0 radical (unpaired) electrons. The maximum Gasteiger partial charge on any atom is 0.214 e. The Labute approximate surface area is 148 Å². The molecule has 0 spiro atoms. The molecule has 1 aliphatic rings. The van der Waals surface area contributed by atoms with Crippen molar-refractivity contribution in [2.45, 2.75) is 19.4 Å². The normalized spacial score (nSPS) is 18.5. The van der Waals surface area contributed by atoms with Crippen LogP contribution in [0.2, 0.25) is 0 Å².